The second-order valence-corrected chi connectivity index (χ2v) is 8.90. The molecule has 7 heteroatoms. The Morgan fingerprint density at radius 3 is 2.41 bits per heavy atom. The van der Waals surface area contributed by atoms with Crippen LogP contribution in [0.15, 0.2) is 65.6 Å². The van der Waals surface area contributed by atoms with Gasteiger partial charge in [-0.15, -0.1) is 0 Å². The summed E-state index contributed by atoms with van der Waals surface area (Å²) in [7, 11) is -2.29. The monoisotopic (exact) mass is 410 g/mol. The highest BCUT2D eigenvalue weighted by atomic mass is 32.2. The molecule has 4 rings (SSSR count). The molecule has 0 aromatic heterocycles. The average Bonchev–Trinajstić information content (AvgIpc) is 3.29. The van der Waals surface area contributed by atoms with Crippen molar-refractivity contribution in [3.63, 3.8) is 0 Å². The van der Waals surface area contributed by atoms with Crippen LogP contribution in [0.3, 0.4) is 0 Å². The van der Waals surface area contributed by atoms with E-state index in [1.807, 2.05) is 42.5 Å². The van der Waals surface area contributed by atoms with Crippen LogP contribution in [0, 0.1) is 0 Å². The van der Waals surface area contributed by atoms with E-state index < -0.39 is 10.0 Å². The van der Waals surface area contributed by atoms with Gasteiger partial charge in [-0.25, -0.2) is 8.42 Å². The smallest absolute Gasteiger partial charge is 0.255 e. The van der Waals surface area contributed by atoms with Gasteiger partial charge in [-0.05, 0) is 53.9 Å². The largest absolute Gasteiger partial charge is 0.495 e. The zero-order chi connectivity index (χ0) is 20.4. The van der Waals surface area contributed by atoms with Gasteiger partial charge in [0, 0.05) is 24.3 Å². The van der Waals surface area contributed by atoms with Crippen LogP contribution >= 0.6 is 0 Å². The first kappa shape index (κ1) is 19.4. The summed E-state index contributed by atoms with van der Waals surface area (Å²) in [5.41, 5.74) is 0.908. The molecule has 1 saturated heterocycles. The van der Waals surface area contributed by atoms with Gasteiger partial charge in [0.15, 0.2) is 0 Å². The van der Waals surface area contributed by atoms with Gasteiger partial charge >= 0.3 is 0 Å². The van der Waals surface area contributed by atoms with Crippen molar-refractivity contribution in [1.82, 2.24) is 4.31 Å². The van der Waals surface area contributed by atoms with Crippen LogP contribution in [-0.4, -0.2) is 38.8 Å². The van der Waals surface area contributed by atoms with Crippen molar-refractivity contribution < 1.29 is 17.9 Å². The first-order chi connectivity index (χ1) is 14.0. The summed E-state index contributed by atoms with van der Waals surface area (Å²) < 4.78 is 32.7. The molecule has 1 N–H and O–H groups in total. The zero-order valence-electron chi connectivity index (χ0n) is 16.1. The molecule has 0 spiro atoms. The van der Waals surface area contributed by atoms with Crippen molar-refractivity contribution in [2.75, 3.05) is 25.5 Å². The van der Waals surface area contributed by atoms with E-state index in [9.17, 15) is 13.2 Å². The summed E-state index contributed by atoms with van der Waals surface area (Å²) in [6, 6.07) is 18.0. The van der Waals surface area contributed by atoms with E-state index in [4.69, 9.17) is 4.74 Å². The van der Waals surface area contributed by atoms with E-state index in [0.29, 0.717) is 18.8 Å². The number of benzene rings is 3. The van der Waals surface area contributed by atoms with Crippen molar-refractivity contribution in [2.45, 2.75) is 17.7 Å². The number of anilines is 1. The Labute approximate surface area is 170 Å². The number of hydrogen-bond acceptors (Lipinski definition) is 4. The number of hydrogen-bond donors (Lipinski definition) is 1. The van der Waals surface area contributed by atoms with E-state index in [1.165, 1.54) is 23.5 Å². The van der Waals surface area contributed by atoms with E-state index >= 15 is 0 Å². The van der Waals surface area contributed by atoms with Crippen LogP contribution in [0.4, 0.5) is 5.69 Å². The van der Waals surface area contributed by atoms with E-state index in [0.717, 1.165) is 23.6 Å². The molecule has 0 bridgehead atoms. The number of rotatable bonds is 5. The fraction of sp³-hybridized carbons (Fsp3) is 0.227. The number of ether oxygens (including phenoxy) is 1. The highest BCUT2D eigenvalue weighted by Gasteiger charge is 2.30. The first-order valence-corrected chi connectivity index (χ1v) is 10.9. The van der Waals surface area contributed by atoms with Crippen molar-refractivity contribution in [1.29, 1.82) is 0 Å². The van der Waals surface area contributed by atoms with Gasteiger partial charge < -0.3 is 10.1 Å². The molecule has 0 saturated carbocycles. The minimum absolute atomic E-state index is 0.0214. The predicted octanol–water partition coefficient (Wildman–Crippen LogP) is 3.89. The topological polar surface area (TPSA) is 75.7 Å². The molecule has 150 valence electrons. The Kier molecular flexibility index (Phi) is 5.25. The van der Waals surface area contributed by atoms with E-state index in [2.05, 4.69) is 5.32 Å². The lowest BCUT2D eigenvalue weighted by molar-refractivity contribution is 0.102. The van der Waals surface area contributed by atoms with Gasteiger partial charge in [0.25, 0.3) is 5.91 Å². The van der Waals surface area contributed by atoms with Crippen LogP contribution in [0.5, 0.6) is 5.75 Å². The third kappa shape index (κ3) is 3.83. The molecule has 1 heterocycles. The molecule has 0 atom stereocenters. The van der Waals surface area contributed by atoms with Gasteiger partial charge in [0.1, 0.15) is 10.6 Å². The summed E-state index contributed by atoms with van der Waals surface area (Å²) >= 11 is 0. The number of sulfonamides is 1. The molecule has 1 amide bonds. The molecule has 29 heavy (non-hydrogen) atoms. The van der Waals surface area contributed by atoms with Gasteiger partial charge in [0.2, 0.25) is 10.0 Å². The van der Waals surface area contributed by atoms with Crippen LogP contribution in [0.1, 0.15) is 23.2 Å². The summed E-state index contributed by atoms with van der Waals surface area (Å²) in [4.78, 5) is 12.8. The lowest BCUT2D eigenvalue weighted by atomic mass is 10.1. The molecule has 6 nitrogen and oxygen atoms in total. The Hall–Kier alpha value is -2.90. The maximum Gasteiger partial charge on any atom is 0.255 e. The minimum Gasteiger partial charge on any atom is -0.495 e. The second kappa shape index (κ2) is 7.85. The first-order valence-electron chi connectivity index (χ1n) is 9.47. The van der Waals surface area contributed by atoms with E-state index in [-0.39, 0.29) is 22.1 Å². The number of amides is 1. The van der Waals surface area contributed by atoms with Gasteiger partial charge in [-0.3, -0.25) is 4.79 Å². The number of fused-ring (bicyclic) bond motifs is 1. The molecular weight excluding hydrogens is 388 g/mol. The highest BCUT2D eigenvalue weighted by molar-refractivity contribution is 7.89. The van der Waals surface area contributed by atoms with Crippen molar-refractivity contribution in [3.8, 4) is 5.75 Å². The number of nitrogens with zero attached hydrogens (tertiary/aromatic N) is 1. The van der Waals surface area contributed by atoms with Crippen molar-refractivity contribution >= 4 is 32.4 Å². The standard InChI is InChI=1S/C22H22N2O4S/c1-28-20-11-9-18(15-21(20)29(26,27)24-12-4-5-13-24)22(25)23-19-10-8-16-6-2-3-7-17(16)14-19/h2-3,6-11,14-15H,4-5,12-13H2,1H3,(H,23,25). The molecule has 0 aliphatic carbocycles. The van der Waals surface area contributed by atoms with Crippen LogP contribution in [-0.2, 0) is 10.0 Å². The lowest BCUT2D eigenvalue weighted by Gasteiger charge is -2.18. The minimum atomic E-state index is -3.71. The Balaban J connectivity index is 1.64. The average molecular weight is 410 g/mol. The van der Waals surface area contributed by atoms with Gasteiger partial charge in [-0.2, -0.15) is 4.31 Å². The quantitative estimate of drug-likeness (QED) is 0.693. The third-order valence-electron chi connectivity index (χ3n) is 5.12. The zero-order valence-corrected chi connectivity index (χ0v) is 16.9. The Morgan fingerprint density at radius 1 is 0.966 bits per heavy atom. The lowest BCUT2D eigenvalue weighted by Crippen LogP contribution is -2.28. The second-order valence-electron chi connectivity index (χ2n) is 6.99. The molecule has 1 aliphatic rings. The Bertz CT molecular complexity index is 1170. The Morgan fingerprint density at radius 2 is 1.69 bits per heavy atom. The van der Waals surface area contributed by atoms with E-state index in [1.54, 1.807) is 6.07 Å². The van der Waals surface area contributed by atoms with Crippen molar-refractivity contribution in [2.24, 2.45) is 0 Å². The highest BCUT2D eigenvalue weighted by Crippen LogP contribution is 2.30. The molecule has 3 aromatic carbocycles. The molecule has 3 aromatic rings. The van der Waals surface area contributed by atoms with Gasteiger partial charge in [-0.1, -0.05) is 30.3 Å². The fourth-order valence-electron chi connectivity index (χ4n) is 3.56. The third-order valence-corrected chi connectivity index (χ3v) is 7.04. The normalized spacial score (nSPS) is 14.8. The van der Waals surface area contributed by atoms with Crippen LogP contribution in [0.25, 0.3) is 10.8 Å². The van der Waals surface area contributed by atoms with Crippen molar-refractivity contribution in [3.05, 3.63) is 66.2 Å². The summed E-state index contributed by atoms with van der Waals surface area (Å²) in [6.45, 7) is 0.970. The molecule has 0 unspecified atom stereocenters. The number of nitrogens with one attached hydrogen (secondary N) is 1. The molecule has 1 aliphatic heterocycles. The van der Waals surface area contributed by atoms with Gasteiger partial charge in [0.05, 0.1) is 7.11 Å². The number of methoxy groups -OCH3 is 1. The molecular formula is C22H22N2O4S. The van der Waals surface area contributed by atoms with Crippen LogP contribution in [0.2, 0.25) is 0 Å². The number of carbonyl (C=O) groups is 1. The SMILES string of the molecule is COc1ccc(C(=O)Nc2ccc3ccccc3c2)cc1S(=O)(=O)N1CCCC1. The molecule has 0 radical (unpaired) electrons. The fourth-order valence-corrected chi connectivity index (χ4v) is 5.26. The summed E-state index contributed by atoms with van der Waals surface area (Å²) in [5.74, 6) is -0.139. The summed E-state index contributed by atoms with van der Waals surface area (Å²) in [5, 5.41) is 4.94. The predicted molar refractivity (Wildman–Crippen MR) is 113 cm³/mol. The van der Waals surface area contributed by atoms with Crippen LogP contribution < -0.4 is 10.1 Å². The molecule has 1 fully saturated rings. The maximum atomic E-state index is 13.0. The summed E-state index contributed by atoms with van der Waals surface area (Å²) in [6.07, 6.45) is 1.67. The maximum absolute atomic E-state index is 13.0. The number of carbonyl (C=O) groups excluding carboxylic acids is 1.